The van der Waals surface area contributed by atoms with E-state index in [9.17, 15) is 27.6 Å². The van der Waals surface area contributed by atoms with E-state index >= 15 is 0 Å². The highest BCUT2D eigenvalue weighted by molar-refractivity contribution is 7.18. The van der Waals surface area contributed by atoms with Gasteiger partial charge in [-0.2, -0.15) is 0 Å². The molecule has 2 rings (SSSR count). The average molecular weight is 444 g/mol. The lowest BCUT2D eigenvalue weighted by Gasteiger charge is -2.10. The lowest BCUT2D eigenvalue weighted by atomic mass is 10.1. The summed E-state index contributed by atoms with van der Waals surface area (Å²) in [6.45, 7) is 3.28. The molecule has 30 heavy (non-hydrogen) atoms. The van der Waals surface area contributed by atoms with Crippen molar-refractivity contribution in [2.45, 2.75) is 20.2 Å². The third-order valence-corrected chi connectivity index (χ3v) is 5.00. The van der Waals surface area contributed by atoms with Gasteiger partial charge in [0.2, 0.25) is 0 Å². The highest BCUT2D eigenvalue weighted by Gasteiger charge is 2.31. The van der Waals surface area contributed by atoms with Gasteiger partial charge in [0.1, 0.15) is 10.8 Å². The predicted molar refractivity (Wildman–Crippen MR) is 104 cm³/mol. The maximum absolute atomic E-state index is 12.6. The van der Waals surface area contributed by atoms with Crippen LogP contribution in [0.4, 0.5) is 18.2 Å². The van der Waals surface area contributed by atoms with Crippen LogP contribution in [0.3, 0.4) is 0 Å². The van der Waals surface area contributed by atoms with Gasteiger partial charge in [-0.1, -0.05) is 0 Å². The SMILES string of the molecule is CCOC(=O)c1c(NC(=O)c2ccc(OC(F)(F)F)cc2)sc(C(=O)N(C)C)c1C. The lowest BCUT2D eigenvalue weighted by Crippen LogP contribution is -2.21. The zero-order valence-corrected chi connectivity index (χ0v) is 17.4. The number of anilines is 1. The van der Waals surface area contributed by atoms with Crippen LogP contribution in [0, 0.1) is 6.92 Å². The van der Waals surface area contributed by atoms with E-state index in [0.717, 1.165) is 35.6 Å². The molecular weight excluding hydrogens is 425 g/mol. The molecule has 0 saturated heterocycles. The second-order valence-electron chi connectivity index (χ2n) is 6.21. The Kier molecular flexibility index (Phi) is 7.08. The van der Waals surface area contributed by atoms with E-state index in [-0.39, 0.29) is 33.5 Å². The van der Waals surface area contributed by atoms with Crippen LogP contribution in [0.1, 0.15) is 42.9 Å². The fourth-order valence-electron chi connectivity index (χ4n) is 2.44. The summed E-state index contributed by atoms with van der Waals surface area (Å²) in [5, 5.41) is 2.64. The molecule has 0 unspecified atom stereocenters. The first-order valence-corrected chi connectivity index (χ1v) is 9.45. The summed E-state index contributed by atoms with van der Waals surface area (Å²) in [7, 11) is 3.10. The minimum Gasteiger partial charge on any atom is -0.462 e. The van der Waals surface area contributed by atoms with Crippen molar-refractivity contribution in [3.05, 3.63) is 45.8 Å². The van der Waals surface area contributed by atoms with Crippen molar-refractivity contribution < 1.29 is 37.0 Å². The van der Waals surface area contributed by atoms with Crippen LogP contribution in [0.2, 0.25) is 0 Å². The number of nitrogens with one attached hydrogen (secondary N) is 1. The Labute approximate surface area is 174 Å². The molecule has 162 valence electrons. The van der Waals surface area contributed by atoms with Crippen molar-refractivity contribution in [2.75, 3.05) is 26.0 Å². The van der Waals surface area contributed by atoms with Gasteiger partial charge < -0.3 is 19.7 Å². The molecule has 0 spiro atoms. The Bertz CT molecular complexity index is 952. The van der Waals surface area contributed by atoms with Gasteiger partial charge in [0.05, 0.1) is 17.0 Å². The van der Waals surface area contributed by atoms with Gasteiger partial charge in [-0.25, -0.2) is 4.79 Å². The maximum Gasteiger partial charge on any atom is 0.573 e. The molecule has 1 aromatic carbocycles. The molecule has 0 atom stereocenters. The molecule has 2 aromatic rings. The van der Waals surface area contributed by atoms with Crippen LogP contribution in [0.5, 0.6) is 5.75 Å². The first-order valence-electron chi connectivity index (χ1n) is 8.64. The van der Waals surface area contributed by atoms with Gasteiger partial charge in [-0.3, -0.25) is 9.59 Å². The van der Waals surface area contributed by atoms with Gasteiger partial charge >= 0.3 is 12.3 Å². The van der Waals surface area contributed by atoms with Crippen LogP contribution in [-0.2, 0) is 4.74 Å². The fourth-order valence-corrected chi connectivity index (χ4v) is 3.65. The summed E-state index contributed by atoms with van der Waals surface area (Å²) in [6.07, 6.45) is -4.85. The van der Waals surface area contributed by atoms with Crippen molar-refractivity contribution in [3.8, 4) is 5.75 Å². The average Bonchev–Trinajstić information content (AvgIpc) is 2.96. The van der Waals surface area contributed by atoms with Crippen molar-refractivity contribution in [3.63, 3.8) is 0 Å². The molecule has 0 saturated carbocycles. The molecule has 0 aliphatic rings. The molecule has 7 nitrogen and oxygen atoms in total. The van der Waals surface area contributed by atoms with Crippen LogP contribution in [0.25, 0.3) is 0 Å². The number of carbonyl (C=O) groups excluding carboxylic acids is 3. The van der Waals surface area contributed by atoms with Gasteiger partial charge in [0.25, 0.3) is 11.8 Å². The summed E-state index contributed by atoms with van der Waals surface area (Å²) < 4.78 is 45.6. The van der Waals surface area contributed by atoms with E-state index in [0.29, 0.717) is 5.56 Å². The molecule has 1 aromatic heterocycles. The van der Waals surface area contributed by atoms with E-state index in [1.54, 1.807) is 27.9 Å². The van der Waals surface area contributed by atoms with Crippen LogP contribution in [0.15, 0.2) is 24.3 Å². The van der Waals surface area contributed by atoms with Crippen LogP contribution >= 0.6 is 11.3 Å². The Morgan fingerprint density at radius 3 is 2.23 bits per heavy atom. The number of nitrogens with zero attached hydrogens (tertiary/aromatic N) is 1. The van der Waals surface area contributed by atoms with Gasteiger partial charge in [0, 0.05) is 19.7 Å². The van der Waals surface area contributed by atoms with Crippen LogP contribution < -0.4 is 10.1 Å². The largest absolute Gasteiger partial charge is 0.573 e. The zero-order chi connectivity index (χ0) is 22.6. The van der Waals surface area contributed by atoms with Gasteiger partial charge in [-0.15, -0.1) is 24.5 Å². The summed E-state index contributed by atoms with van der Waals surface area (Å²) in [6, 6.07) is 4.28. The van der Waals surface area contributed by atoms with Crippen molar-refractivity contribution in [1.29, 1.82) is 0 Å². The second-order valence-corrected chi connectivity index (χ2v) is 7.23. The van der Waals surface area contributed by atoms with Crippen LogP contribution in [-0.4, -0.2) is 49.7 Å². The van der Waals surface area contributed by atoms with Crippen molar-refractivity contribution in [2.24, 2.45) is 0 Å². The highest BCUT2D eigenvalue weighted by Crippen LogP contribution is 2.35. The summed E-state index contributed by atoms with van der Waals surface area (Å²) in [4.78, 5) is 38.9. The first-order chi connectivity index (χ1) is 13.9. The second kappa shape index (κ2) is 9.16. The Hall–Kier alpha value is -3.08. The number of ether oxygens (including phenoxy) is 2. The normalized spacial score (nSPS) is 11.0. The Morgan fingerprint density at radius 1 is 1.13 bits per heavy atom. The molecule has 0 aliphatic carbocycles. The number of esters is 1. The molecule has 0 aliphatic heterocycles. The van der Waals surface area contributed by atoms with Gasteiger partial charge in [0.15, 0.2) is 0 Å². The summed E-state index contributed by atoms with van der Waals surface area (Å²) in [5.41, 5.74) is 0.449. The number of hydrogen-bond acceptors (Lipinski definition) is 6. The maximum atomic E-state index is 12.6. The number of amides is 2. The number of halogens is 3. The highest BCUT2D eigenvalue weighted by atomic mass is 32.1. The number of hydrogen-bond donors (Lipinski definition) is 1. The Balaban J connectivity index is 2.34. The van der Waals surface area contributed by atoms with Crippen molar-refractivity contribution >= 4 is 34.1 Å². The van der Waals surface area contributed by atoms with E-state index in [4.69, 9.17) is 4.74 Å². The molecule has 0 bridgehead atoms. The topological polar surface area (TPSA) is 84.9 Å². The fraction of sp³-hybridized carbons (Fsp3) is 0.316. The molecule has 1 N–H and O–H groups in total. The molecule has 11 heteroatoms. The summed E-state index contributed by atoms with van der Waals surface area (Å²) >= 11 is 0.913. The third kappa shape index (κ3) is 5.50. The number of benzene rings is 1. The smallest absolute Gasteiger partial charge is 0.462 e. The predicted octanol–water partition coefficient (Wildman–Crippen LogP) is 4.09. The number of rotatable bonds is 6. The third-order valence-electron chi connectivity index (χ3n) is 3.80. The summed E-state index contributed by atoms with van der Waals surface area (Å²) in [5.74, 6) is -2.20. The Morgan fingerprint density at radius 2 is 1.73 bits per heavy atom. The zero-order valence-electron chi connectivity index (χ0n) is 16.5. The van der Waals surface area contributed by atoms with E-state index in [2.05, 4.69) is 10.1 Å². The number of alkyl halides is 3. The minimum absolute atomic E-state index is 0.0332. The molecule has 0 radical (unpaired) electrons. The standard InChI is InChI=1S/C19H19F3N2O5S/c1-5-28-18(27)13-10(2)14(17(26)24(3)4)30-16(13)23-15(25)11-6-8-12(9-7-11)29-19(20,21)22/h6-9H,5H2,1-4H3,(H,23,25). The lowest BCUT2D eigenvalue weighted by molar-refractivity contribution is -0.274. The minimum atomic E-state index is -4.85. The monoisotopic (exact) mass is 444 g/mol. The molecule has 0 fully saturated rings. The number of carbonyl (C=O) groups is 3. The number of thiophene rings is 1. The molecule has 1 heterocycles. The van der Waals surface area contributed by atoms with E-state index < -0.39 is 24.0 Å². The first kappa shape index (κ1) is 23.2. The van der Waals surface area contributed by atoms with Gasteiger partial charge in [-0.05, 0) is 43.7 Å². The molecule has 2 amide bonds. The van der Waals surface area contributed by atoms with Crippen molar-refractivity contribution in [1.82, 2.24) is 4.90 Å². The quantitative estimate of drug-likeness (QED) is 0.679. The van der Waals surface area contributed by atoms with E-state index in [1.165, 1.54) is 4.90 Å². The van der Waals surface area contributed by atoms with E-state index in [1.807, 2.05) is 0 Å². The molecular formula is C19H19F3N2O5S.